The van der Waals surface area contributed by atoms with Crippen LogP contribution in [0.25, 0.3) is 0 Å². The summed E-state index contributed by atoms with van der Waals surface area (Å²) in [4.78, 5) is 10.1. The summed E-state index contributed by atoms with van der Waals surface area (Å²) in [6.45, 7) is 26.0. The molecule has 1 saturated carbocycles. The van der Waals surface area contributed by atoms with Crippen LogP contribution in [-0.2, 0) is 39.0 Å². The molecule has 0 aliphatic heterocycles. The average Bonchev–Trinajstić information content (AvgIpc) is 2.80. The zero-order valence-electron chi connectivity index (χ0n) is 28.8. The number of aromatic hydroxyl groups is 2. The smallest absolute Gasteiger partial charge is 1.00 e. The number of phenolic OH excluding ortho intramolecular Hbond substituents is 2. The van der Waals surface area contributed by atoms with E-state index >= 15 is 0 Å². The molecule has 0 spiro atoms. The average molecular weight is 705 g/mol. The van der Waals surface area contributed by atoms with Crippen molar-refractivity contribution < 1.29 is 64.8 Å². The van der Waals surface area contributed by atoms with Gasteiger partial charge in [-0.25, -0.2) is 0 Å². The van der Waals surface area contributed by atoms with Crippen LogP contribution >= 0.6 is 0 Å². The SMILES string of the molecule is CC(C)(C)c1cc(/C=N/C2CCCCC2/N=C/c2cc(C(C)(C)C)cc(C(C)(C)C)c2O)c(O)c(C(C)(C)C)c1.[Cl-].[Cl-].[Cl-].[Cr+3]. The van der Waals surface area contributed by atoms with Crippen LogP contribution in [0.5, 0.6) is 11.5 Å². The standard InChI is InChI=1S/C36H54N2O2.3ClH.Cr/c1-33(2,3)25-17-23(31(39)27(19-25)35(7,8)9)21-37-29-15-13-14-16-30(29)38-22-24-18-26(34(4,5)6)20-28(32(24)40)36(10,11)12;;;;/h17-22,29-30,39-40H,13-16H2,1-12H3;3*1H;/q;;;;+3/p-3/b37-21+,38-22+;;;;. The third-order valence-electron chi connectivity index (χ3n) is 8.13. The topological polar surface area (TPSA) is 65.2 Å². The van der Waals surface area contributed by atoms with Gasteiger partial charge in [-0.05, 0) is 57.8 Å². The van der Waals surface area contributed by atoms with Crippen LogP contribution in [0.3, 0.4) is 0 Å². The molecule has 2 atom stereocenters. The van der Waals surface area contributed by atoms with E-state index in [0.717, 1.165) is 47.9 Å². The molecule has 2 aromatic rings. The van der Waals surface area contributed by atoms with Gasteiger partial charge in [-0.2, -0.15) is 0 Å². The Hall–Kier alpha value is -1.22. The molecule has 2 unspecified atom stereocenters. The molecule has 0 bridgehead atoms. The Labute approximate surface area is 297 Å². The molecule has 8 heteroatoms. The Morgan fingerprint density at radius 1 is 0.545 bits per heavy atom. The summed E-state index contributed by atoms with van der Waals surface area (Å²) in [6, 6.07) is 8.53. The van der Waals surface area contributed by atoms with Crippen molar-refractivity contribution in [3.63, 3.8) is 0 Å². The second-order valence-corrected chi connectivity index (χ2v) is 15.9. The zero-order chi connectivity index (χ0) is 30.3. The second kappa shape index (κ2) is 16.6. The molecule has 1 fully saturated rings. The Bertz CT molecular complexity index is 1180. The summed E-state index contributed by atoms with van der Waals surface area (Å²) < 4.78 is 0. The van der Waals surface area contributed by atoms with Gasteiger partial charge in [0.1, 0.15) is 11.5 Å². The van der Waals surface area contributed by atoms with Crippen LogP contribution in [0.1, 0.15) is 142 Å². The first-order chi connectivity index (χ1) is 18.2. The van der Waals surface area contributed by atoms with Crippen LogP contribution in [0.4, 0.5) is 0 Å². The molecule has 0 amide bonds. The third kappa shape index (κ3) is 11.2. The summed E-state index contributed by atoms with van der Waals surface area (Å²) in [5.41, 5.74) is 5.39. The fraction of sp³-hybridized carbons (Fsp3) is 0.611. The minimum absolute atomic E-state index is 0. The van der Waals surface area contributed by atoms with Crippen LogP contribution in [0, 0.1) is 0 Å². The van der Waals surface area contributed by atoms with Gasteiger partial charge in [0.05, 0.1) is 12.1 Å². The van der Waals surface area contributed by atoms with E-state index in [1.807, 2.05) is 12.4 Å². The van der Waals surface area contributed by atoms with Crippen molar-refractivity contribution in [1.82, 2.24) is 0 Å². The molecule has 247 valence electrons. The van der Waals surface area contributed by atoms with E-state index in [2.05, 4.69) is 107 Å². The zero-order valence-corrected chi connectivity index (χ0v) is 32.3. The molecule has 0 heterocycles. The van der Waals surface area contributed by atoms with E-state index in [1.54, 1.807) is 0 Å². The first-order valence-electron chi connectivity index (χ1n) is 15.0. The Kier molecular flexibility index (Phi) is 16.9. The molecule has 2 aromatic carbocycles. The number of hydrogen-bond donors (Lipinski definition) is 2. The maximum atomic E-state index is 11.2. The largest absolute Gasteiger partial charge is 3.00 e. The van der Waals surface area contributed by atoms with Crippen molar-refractivity contribution in [2.24, 2.45) is 9.98 Å². The van der Waals surface area contributed by atoms with E-state index in [-0.39, 0.29) is 88.3 Å². The molecule has 2 N–H and O–H groups in total. The summed E-state index contributed by atoms with van der Waals surface area (Å²) in [5.74, 6) is 0.637. The maximum Gasteiger partial charge on any atom is 3.00 e. The summed E-state index contributed by atoms with van der Waals surface area (Å²) in [5, 5.41) is 22.5. The number of nitrogens with zero attached hydrogens (tertiary/aromatic N) is 2. The molecule has 0 aromatic heterocycles. The number of aliphatic imine (C=N–C) groups is 2. The fourth-order valence-corrected chi connectivity index (χ4v) is 5.31. The van der Waals surface area contributed by atoms with Gasteiger partial charge in [0, 0.05) is 34.7 Å². The number of rotatable bonds is 4. The second-order valence-electron chi connectivity index (χ2n) is 15.9. The van der Waals surface area contributed by atoms with Crippen molar-refractivity contribution in [3.05, 3.63) is 57.6 Å². The van der Waals surface area contributed by atoms with E-state index in [9.17, 15) is 10.2 Å². The minimum Gasteiger partial charge on any atom is -1.00 e. The number of halogens is 3. The van der Waals surface area contributed by atoms with Crippen LogP contribution < -0.4 is 37.2 Å². The monoisotopic (exact) mass is 703 g/mol. The van der Waals surface area contributed by atoms with Gasteiger partial charge >= 0.3 is 17.4 Å². The molecular weight excluding hydrogens is 651 g/mol. The number of phenols is 2. The predicted octanol–water partition coefficient (Wildman–Crippen LogP) is 0.147. The Morgan fingerprint density at radius 3 is 1.09 bits per heavy atom. The van der Waals surface area contributed by atoms with Gasteiger partial charge in [0.25, 0.3) is 0 Å². The van der Waals surface area contributed by atoms with Crippen molar-refractivity contribution in [2.75, 3.05) is 0 Å². The molecule has 1 aliphatic carbocycles. The quantitative estimate of drug-likeness (QED) is 0.446. The van der Waals surface area contributed by atoms with Crippen LogP contribution in [0.2, 0.25) is 0 Å². The van der Waals surface area contributed by atoms with Gasteiger partial charge in [-0.15, -0.1) is 0 Å². The van der Waals surface area contributed by atoms with Gasteiger partial charge in [-0.1, -0.05) is 108 Å². The van der Waals surface area contributed by atoms with Crippen molar-refractivity contribution >= 4 is 12.4 Å². The first kappa shape index (κ1) is 44.9. The van der Waals surface area contributed by atoms with Crippen LogP contribution in [-0.4, -0.2) is 34.7 Å². The number of hydrogen-bond acceptors (Lipinski definition) is 4. The molecule has 4 nitrogen and oxygen atoms in total. The third-order valence-corrected chi connectivity index (χ3v) is 8.13. The van der Waals surface area contributed by atoms with Gasteiger partial charge in [0.15, 0.2) is 0 Å². The van der Waals surface area contributed by atoms with E-state index in [1.165, 1.54) is 11.1 Å². The molecule has 0 saturated heterocycles. The maximum absolute atomic E-state index is 11.2. The van der Waals surface area contributed by atoms with Crippen molar-refractivity contribution in [1.29, 1.82) is 0 Å². The molecule has 1 radical (unpaired) electrons. The number of benzene rings is 2. The summed E-state index contributed by atoms with van der Waals surface area (Å²) in [7, 11) is 0. The first-order valence-corrected chi connectivity index (χ1v) is 15.0. The Morgan fingerprint density at radius 2 is 0.841 bits per heavy atom. The van der Waals surface area contributed by atoms with E-state index in [4.69, 9.17) is 9.98 Å². The van der Waals surface area contributed by atoms with Gasteiger partial charge in [0.2, 0.25) is 0 Å². The van der Waals surface area contributed by atoms with E-state index < -0.39 is 0 Å². The minimum atomic E-state index is -0.179. The Balaban J connectivity index is 0. The summed E-state index contributed by atoms with van der Waals surface area (Å²) >= 11 is 0. The van der Waals surface area contributed by atoms with Crippen LogP contribution in [0.15, 0.2) is 34.3 Å². The molecular formula is C36H54Cl3CrN2O2. The predicted molar refractivity (Wildman–Crippen MR) is 172 cm³/mol. The molecule has 3 rings (SSSR count). The molecule has 1 aliphatic rings. The van der Waals surface area contributed by atoms with Gasteiger partial charge < -0.3 is 47.4 Å². The van der Waals surface area contributed by atoms with E-state index in [0.29, 0.717) is 11.5 Å². The summed E-state index contributed by atoms with van der Waals surface area (Å²) in [6.07, 6.45) is 7.90. The van der Waals surface area contributed by atoms with Gasteiger partial charge in [-0.3, -0.25) is 9.98 Å². The normalized spacial score (nSPS) is 17.8. The molecule has 44 heavy (non-hydrogen) atoms. The van der Waals surface area contributed by atoms with Crippen molar-refractivity contribution in [3.8, 4) is 11.5 Å². The fourth-order valence-electron chi connectivity index (χ4n) is 5.31. The van der Waals surface area contributed by atoms with Crippen molar-refractivity contribution in [2.45, 2.75) is 143 Å².